The lowest BCUT2D eigenvalue weighted by molar-refractivity contribution is -0.119. The van der Waals surface area contributed by atoms with Gasteiger partial charge in [-0.2, -0.15) is 0 Å². The molecule has 0 aliphatic carbocycles. The van der Waals surface area contributed by atoms with E-state index in [-0.39, 0.29) is 17.6 Å². The molecule has 1 amide bonds. The Bertz CT molecular complexity index is 1440. The van der Waals surface area contributed by atoms with Crippen molar-refractivity contribution in [3.8, 4) is 17.2 Å². The zero-order valence-electron chi connectivity index (χ0n) is 23.6. The van der Waals surface area contributed by atoms with Crippen LogP contribution in [0.4, 0.5) is 5.69 Å². The van der Waals surface area contributed by atoms with E-state index in [2.05, 4.69) is 43.2 Å². The summed E-state index contributed by atoms with van der Waals surface area (Å²) in [6.07, 6.45) is 4.98. The lowest BCUT2D eigenvalue weighted by Gasteiger charge is -2.25. The van der Waals surface area contributed by atoms with E-state index in [9.17, 15) is 9.59 Å². The number of aliphatic imine (C=N–C) groups is 1. The van der Waals surface area contributed by atoms with E-state index in [4.69, 9.17) is 18.9 Å². The number of amides is 1. The highest BCUT2D eigenvalue weighted by molar-refractivity contribution is 6.04. The highest BCUT2D eigenvalue weighted by Gasteiger charge is 2.39. The molecule has 4 rings (SSSR count). The highest BCUT2D eigenvalue weighted by Crippen LogP contribution is 2.38. The van der Waals surface area contributed by atoms with E-state index in [1.54, 1.807) is 55.8 Å². The predicted molar refractivity (Wildman–Crippen MR) is 155 cm³/mol. The van der Waals surface area contributed by atoms with Gasteiger partial charge in [0.25, 0.3) is 5.91 Å². The van der Waals surface area contributed by atoms with E-state index in [1.165, 1.54) is 25.8 Å². The topological polar surface area (TPSA) is 95.5 Å². The maximum Gasteiger partial charge on any atom is 0.341 e. The van der Waals surface area contributed by atoms with Gasteiger partial charge in [-0.3, -0.25) is 9.79 Å². The molecule has 1 aliphatic heterocycles. The number of carbonyl (C=O) groups is 2. The molecule has 40 heavy (non-hydrogen) atoms. The summed E-state index contributed by atoms with van der Waals surface area (Å²) < 4.78 is 21.7. The molecular weight excluding hydrogens is 508 g/mol. The Morgan fingerprint density at radius 2 is 1.57 bits per heavy atom. The van der Waals surface area contributed by atoms with Crippen molar-refractivity contribution in [3.63, 3.8) is 0 Å². The van der Waals surface area contributed by atoms with Gasteiger partial charge in [0, 0.05) is 11.9 Å². The first-order chi connectivity index (χ1) is 19.1. The van der Waals surface area contributed by atoms with Crippen molar-refractivity contribution < 1.29 is 28.5 Å². The van der Waals surface area contributed by atoms with Crippen molar-refractivity contribution in [1.29, 1.82) is 0 Å². The summed E-state index contributed by atoms with van der Waals surface area (Å²) in [4.78, 5) is 30.8. The third-order valence-electron chi connectivity index (χ3n) is 6.73. The molecule has 0 aromatic heterocycles. The average Bonchev–Trinajstić information content (AvgIpc) is 3.47. The third-order valence-corrected chi connectivity index (χ3v) is 6.73. The van der Waals surface area contributed by atoms with Gasteiger partial charge in [0.05, 0.1) is 21.3 Å². The standard InChI is InChI=1S/C32H34N2O6/c1-31(2,3)22-10-8-21(9-11-22)20-40-26-15-13-24(19-25(26)29(35)39-6)34-30(36)32(16-7-17-33-32)23-12-14-27(37-4)28(18-23)38-5/h7-19H,20H2,1-6H3,(H,34,36). The van der Waals surface area contributed by atoms with Crippen LogP contribution in [-0.2, 0) is 27.1 Å². The maximum absolute atomic E-state index is 13.6. The zero-order valence-corrected chi connectivity index (χ0v) is 23.6. The number of nitrogens with zero attached hydrogens (tertiary/aromatic N) is 1. The second-order valence-electron chi connectivity index (χ2n) is 10.4. The van der Waals surface area contributed by atoms with Gasteiger partial charge in [-0.1, -0.05) is 51.1 Å². The Morgan fingerprint density at radius 1 is 0.875 bits per heavy atom. The van der Waals surface area contributed by atoms with E-state index in [0.29, 0.717) is 28.5 Å². The van der Waals surface area contributed by atoms with Gasteiger partial charge in [-0.25, -0.2) is 4.79 Å². The largest absolute Gasteiger partial charge is 0.493 e. The quantitative estimate of drug-likeness (QED) is 0.341. The van der Waals surface area contributed by atoms with Crippen molar-refractivity contribution in [2.45, 2.75) is 38.3 Å². The highest BCUT2D eigenvalue weighted by atomic mass is 16.5. The number of anilines is 1. The summed E-state index contributed by atoms with van der Waals surface area (Å²) in [5.74, 6) is 0.371. The fourth-order valence-electron chi connectivity index (χ4n) is 4.39. The summed E-state index contributed by atoms with van der Waals surface area (Å²) in [5, 5.41) is 2.89. The molecule has 0 bridgehead atoms. The van der Waals surface area contributed by atoms with Gasteiger partial charge in [0.15, 0.2) is 17.0 Å². The summed E-state index contributed by atoms with van der Waals surface area (Å²) in [6, 6.07) is 18.2. The molecular formula is C32H34N2O6. The van der Waals surface area contributed by atoms with Gasteiger partial charge in [0.2, 0.25) is 0 Å². The minimum atomic E-state index is -1.32. The van der Waals surface area contributed by atoms with E-state index in [1.807, 2.05) is 12.1 Å². The fraction of sp³-hybridized carbons (Fsp3) is 0.281. The minimum Gasteiger partial charge on any atom is -0.493 e. The van der Waals surface area contributed by atoms with Crippen LogP contribution in [0.2, 0.25) is 0 Å². The Morgan fingerprint density at radius 3 is 2.17 bits per heavy atom. The molecule has 1 N–H and O–H groups in total. The van der Waals surface area contributed by atoms with Crippen LogP contribution in [0.15, 0.2) is 77.8 Å². The van der Waals surface area contributed by atoms with Gasteiger partial charge in [-0.15, -0.1) is 0 Å². The predicted octanol–water partition coefficient (Wildman–Crippen LogP) is 5.84. The first-order valence-corrected chi connectivity index (χ1v) is 12.8. The summed E-state index contributed by atoms with van der Waals surface area (Å²) in [5.41, 5.74) is 2.09. The molecule has 8 heteroatoms. The molecule has 1 aliphatic rings. The van der Waals surface area contributed by atoms with Crippen LogP contribution in [0.5, 0.6) is 17.2 Å². The van der Waals surface area contributed by atoms with E-state index in [0.717, 1.165) is 5.56 Å². The minimum absolute atomic E-state index is 0.0509. The van der Waals surface area contributed by atoms with Crippen molar-refractivity contribution in [2.75, 3.05) is 26.6 Å². The number of hydrogen-bond acceptors (Lipinski definition) is 7. The second-order valence-corrected chi connectivity index (χ2v) is 10.4. The molecule has 1 atom stereocenters. The Hall–Kier alpha value is -4.59. The first-order valence-electron chi connectivity index (χ1n) is 12.8. The number of carbonyl (C=O) groups excluding carboxylic acids is 2. The average molecular weight is 543 g/mol. The number of rotatable bonds is 9. The van der Waals surface area contributed by atoms with Crippen LogP contribution in [0.25, 0.3) is 0 Å². The molecule has 8 nitrogen and oxygen atoms in total. The van der Waals surface area contributed by atoms with Crippen LogP contribution >= 0.6 is 0 Å². The number of methoxy groups -OCH3 is 3. The molecule has 0 saturated carbocycles. The molecule has 0 spiro atoms. The summed E-state index contributed by atoms with van der Waals surface area (Å²) in [7, 11) is 4.37. The van der Waals surface area contributed by atoms with Gasteiger partial charge in [0.1, 0.15) is 17.9 Å². The van der Waals surface area contributed by atoms with Crippen molar-refractivity contribution in [2.24, 2.45) is 4.99 Å². The molecule has 1 heterocycles. The molecule has 0 saturated heterocycles. The number of hydrogen-bond donors (Lipinski definition) is 1. The normalized spacial score (nSPS) is 15.9. The zero-order chi connectivity index (χ0) is 28.9. The number of allylic oxidation sites excluding steroid dienone is 1. The monoisotopic (exact) mass is 542 g/mol. The Balaban J connectivity index is 1.57. The molecule has 3 aromatic carbocycles. The molecule has 1 unspecified atom stereocenters. The molecule has 0 fully saturated rings. The van der Waals surface area contributed by atoms with Crippen LogP contribution in [0, 0.1) is 0 Å². The smallest absolute Gasteiger partial charge is 0.341 e. The van der Waals surface area contributed by atoms with Crippen LogP contribution in [0.3, 0.4) is 0 Å². The molecule has 3 aromatic rings. The number of esters is 1. The van der Waals surface area contributed by atoms with Crippen LogP contribution in [-0.4, -0.2) is 39.4 Å². The third kappa shape index (κ3) is 5.86. The van der Waals surface area contributed by atoms with Gasteiger partial charge in [-0.05, 0) is 64.6 Å². The SMILES string of the molecule is COC(=O)c1cc(NC(=O)C2(c3ccc(OC)c(OC)c3)C=CC=N2)ccc1OCc1ccc(C(C)(C)C)cc1. The van der Waals surface area contributed by atoms with Gasteiger partial charge >= 0.3 is 5.97 Å². The second kappa shape index (κ2) is 11.7. The Kier molecular flexibility index (Phi) is 8.28. The lowest BCUT2D eigenvalue weighted by atomic mass is 9.87. The summed E-state index contributed by atoms with van der Waals surface area (Å²) in [6.45, 7) is 6.74. The van der Waals surface area contributed by atoms with Crippen LogP contribution in [0.1, 0.15) is 47.8 Å². The van der Waals surface area contributed by atoms with Crippen LogP contribution < -0.4 is 19.5 Å². The number of benzene rings is 3. The maximum atomic E-state index is 13.6. The number of nitrogens with one attached hydrogen (secondary N) is 1. The fourth-order valence-corrected chi connectivity index (χ4v) is 4.39. The van der Waals surface area contributed by atoms with Gasteiger partial charge < -0.3 is 24.3 Å². The molecule has 208 valence electrons. The van der Waals surface area contributed by atoms with Crippen molar-refractivity contribution in [1.82, 2.24) is 0 Å². The van der Waals surface area contributed by atoms with E-state index < -0.39 is 17.4 Å². The van der Waals surface area contributed by atoms with Crippen molar-refractivity contribution in [3.05, 3.63) is 95.1 Å². The Labute approximate surface area is 234 Å². The molecule has 0 radical (unpaired) electrons. The van der Waals surface area contributed by atoms with E-state index >= 15 is 0 Å². The number of ether oxygens (including phenoxy) is 4. The first kappa shape index (κ1) is 28.4. The lowest BCUT2D eigenvalue weighted by Crippen LogP contribution is -2.36. The summed E-state index contributed by atoms with van der Waals surface area (Å²) >= 11 is 0. The van der Waals surface area contributed by atoms with Crippen molar-refractivity contribution >= 4 is 23.8 Å².